The predicted molar refractivity (Wildman–Crippen MR) is 108 cm³/mol. The number of imide groups is 1. The molecule has 5 heteroatoms. The van der Waals surface area contributed by atoms with Crippen LogP contribution in [-0.4, -0.2) is 17.7 Å². The minimum atomic E-state index is -0.419. The van der Waals surface area contributed by atoms with Gasteiger partial charge in [0.1, 0.15) is 0 Å². The molecule has 3 aromatic carbocycles. The zero-order valence-corrected chi connectivity index (χ0v) is 15.5. The SMILES string of the molecule is Cc1ccc(N2C(=O)c3ccc(C(=O)Nc4ccccc4)cc3C2=O)cc1C. The Morgan fingerprint density at radius 3 is 2.21 bits per heavy atom. The first-order valence-corrected chi connectivity index (χ1v) is 8.92. The van der Waals surface area contributed by atoms with E-state index in [1.165, 1.54) is 12.1 Å². The van der Waals surface area contributed by atoms with E-state index in [9.17, 15) is 14.4 Å². The summed E-state index contributed by atoms with van der Waals surface area (Å²) in [7, 11) is 0. The molecule has 0 unspecified atom stereocenters. The number of aryl methyl sites for hydroxylation is 2. The zero-order valence-electron chi connectivity index (χ0n) is 15.5. The lowest BCUT2D eigenvalue weighted by molar-refractivity contribution is 0.0925. The van der Waals surface area contributed by atoms with Crippen molar-refractivity contribution >= 4 is 29.1 Å². The normalized spacial score (nSPS) is 12.9. The van der Waals surface area contributed by atoms with Crippen LogP contribution in [0.4, 0.5) is 11.4 Å². The van der Waals surface area contributed by atoms with Gasteiger partial charge in [-0.1, -0.05) is 24.3 Å². The van der Waals surface area contributed by atoms with Crippen molar-refractivity contribution in [2.24, 2.45) is 0 Å². The van der Waals surface area contributed by atoms with Gasteiger partial charge in [-0.3, -0.25) is 14.4 Å². The average molecular weight is 370 g/mol. The van der Waals surface area contributed by atoms with Gasteiger partial charge in [-0.2, -0.15) is 0 Å². The van der Waals surface area contributed by atoms with Crippen molar-refractivity contribution in [3.05, 3.63) is 94.5 Å². The molecule has 3 amide bonds. The van der Waals surface area contributed by atoms with Gasteiger partial charge in [-0.05, 0) is 67.4 Å². The third-order valence-corrected chi connectivity index (χ3v) is 4.93. The van der Waals surface area contributed by atoms with Crippen LogP contribution >= 0.6 is 0 Å². The summed E-state index contributed by atoms with van der Waals surface area (Å²) < 4.78 is 0. The minimum absolute atomic E-state index is 0.240. The standard InChI is InChI=1S/C23H18N2O3/c1-14-8-10-18(12-15(14)2)25-22(27)19-11-9-16(13-20(19)23(25)28)21(26)24-17-6-4-3-5-7-17/h3-13H,1-2H3,(H,24,26). The van der Waals surface area contributed by atoms with Crippen molar-refractivity contribution in [3.63, 3.8) is 0 Å². The topological polar surface area (TPSA) is 66.5 Å². The molecule has 0 saturated heterocycles. The van der Waals surface area contributed by atoms with Crippen LogP contribution < -0.4 is 10.2 Å². The molecule has 0 atom stereocenters. The molecule has 0 bridgehead atoms. The second-order valence-electron chi connectivity index (χ2n) is 6.79. The predicted octanol–water partition coefficient (Wildman–Crippen LogP) is 4.36. The molecule has 1 aliphatic rings. The first-order chi connectivity index (χ1) is 13.5. The fourth-order valence-electron chi connectivity index (χ4n) is 3.21. The number of anilines is 2. The van der Waals surface area contributed by atoms with E-state index in [-0.39, 0.29) is 17.4 Å². The Hall–Kier alpha value is -3.73. The number of carbonyl (C=O) groups excluding carboxylic acids is 3. The van der Waals surface area contributed by atoms with E-state index < -0.39 is 5.91 Å². The largest absolute Gasteiger partial charge is 0.322 e. The molecule has 28 heavy (non-hydrogen) atoms. The Balaban J connectivity index is 1.65. The number of rotatable bonds is 3. The molecule has 0 aromatic heterocycles. The molecule has 0 saturated carbocycles. The summed E-state index contributed by atoms with van der Waals surface area (Å²) in [5.41, 5.74) is 4.14. The summed E-state index contributed by atoms with van der Waals surface area (Å²) in [5, 5.41) is 2.78. The second kappa shape index (κ2) is 6.78. The summed E-state index contributed by atoms with van der Waals surface area (Å²) in [6.45, 7) is 3.90. The van der Waals surface area contributed by atoms with Gasteiger partial charge in [0.2, 0.25) is 0 Å². The molecule has 1 heterocycles. The van der Waals surface area contributed by atoms with E-state index in [4.69, 9.17) is 0 Å². The van der Waals surface area contributed by atoms with Gasteiger partial charge >= 0.3 is 0 Å². The molecule has 0 radical (unpaired) electrons. The smallest absolute Gasteiger partial charge is 0.266 e. The molecule has 4 rings (SSSR count). The van der Waals surface area contributed by atoms with Gasteiger partial charge in [0, 0.05) is 11.3 Å². The number of fused-ring (bicyclic) bond motifs is 1. The highest BCUT2D eigenvalue weighted by atomic mass is 16.2. The maximum Gasteiger partial charge on any atom is 0.266 e. The van der Waals surface area contributed by atoms with Gasteiger partial charge in [0.05, 0.1) is 16.8 Å². The quantitative estimate of drug-likeness (QED) is 0.697. The van der Waals surface area contributed by atoms with Crippen LogP contribution in [0.15, 0.2) is 66.7 Å². The molecule has 5 nitrogen and oxygen atoms in total. The van der Waals surface area contributed by atoms with Gasteiger partial charge < -0.3 is 5.32 Å². The van der Waals surface area contributed by atoms with Crippen LogP contribution in [0.1, 0.15) is 42.2 Å². The molecular weight excluding hydrogens is 352 g/mol. The summed E-state index contributed by atoms with van der Waals surface area (Å²) in [6.07, 6.45) is 0. The zero-order chi connectivity index (χ0) is 19.8. The van der Waals surface area contributed by atoms with E-state index in [0.29, 0.717) is 22.5 Å². The Morgan fingerprint density at radius 2 is 1.50 bits per heavy atom. The van der Waals surface area contributed by atoms with Crippen LogP contribution in [-0.2, 0) is 0 Å². The first kappa shape index (κ1) is 17.7. The average Bonchev–Trinajstić information content (AvgIpc) is 2.95. The van der Waals surface area contributed by atoms with E-state index in [1.54, 1.807) is 24.3 Å². The molecule has 3 aromatic rings. The summed E-state index contributed by atoms with van der Waals surface area (Å²) >= 11 is 0. The molecule has 0 aliphatic carbocycles. The first-order valence-electron chi connectivity index (χ1n) is 8.92. The Bertz CT molecular complexity index is 1120. The van der Waals surface area contributed by atoms with Crippen molar-refractivity contribution in [1.82, 2.24) is 0 Å². The fourth-order valence-corrected chi connectivity index (χ4v) is 3.21. The van der Waals surface area contributed by atoms with Crippen LogP contribution in [0, 0.1) is 13.8 Å². The molecule has 138 valence electrons. The number of nitrogens with one attached hydrogen (secondary N) is 1. The van der Waals surface area contributed by atoms with Crippen molar-refractivity contribution in [3.8, 4) is 0 Å². The highest BCUT2D eigenvalue weighted by Crippen LogP contribution is 2.30. The van der Waals surface area contributed by atoms with E-state index in [0.717, 1.165) is 16.0 Å². The van der Waals surface area contributed by atoms with E-state index >= 15 is 0 Å². The Kier molecular flexibility index (Phi) is 4.28. The third-order valence-electron chi connectivity index (χ3n) is 4.93. The summed E-state index contributed by atoms with van der Waals surface area (Å²) in [4.78, 5) is 39.4. The number of carbonyl (C=O) groups is 3. The number of hydrogen-bond donors (Lipinski definition) is 1. The van der Waals surface area contributed by atoms with Crippen molar-refractivity contribution in [1.29, 1.82) is 0 Å². The molecule has 0 spiro atoms. The molecule has 1 N–H and O–H groups in total. The lowest BCUT2D eigenvalue weighted by Crippen LogP contribution is -2.29. The minimum Gasteiger partial charge on any atom is -0.322 e. The third kappa shape index (κ3) is 2.97. The number of benzene rings is 3. The van der Waals surface area contributed by atoms with Gasteiger partial charge in [-0.15, -0.1) is 0 Å². The summed E-state index contributed by atoms with van der Waals surface area (Å²) in [6, 6.07) is 19.1. The van der Waals surface area contributed by atoms with Crippen molar-refractivity contribution in [2.75, 3.05) is 10.2 Å². The van der Waals surface area contributed by atoms with Crippen LogP contribution in [0.3, 0.4) is 0 Å². The van der Waals surface area contributed by atoms with Crippen molar-refractivity contribution < 1.29 is 14.4 Å². The second-order valence-corrected chi connectivity index (χ2v) is 6.79. The maximum atomic E-state index is 12.9. The number of amides is 3. The van der Waals surface area contributed by atoms with Crippen LogP contribution in [0.25, 0.3) is 0 Å². The van der Waals surface area contributed by atoms with Crippen LogP contribution in [0.2, 0.25) is 0 Å². The lowest BCUT2D eigenvalue weighted by Gasteiger charge is -2.15. The number of para-hydroxylation sites is 1. The highest BCUT2D eigenvalue weighted by Gasteiger charge is 2.37. The molecular formula is C23H18N2O3. The van der Waals surface area contributed by atoms with E-state index in [1.807, 2.05) is 44.2 Å². The summed E-state index contributed by atoms with van der Waals surface area (Å²) in [5.74, 6) is -1.13. The fraction of sp³-hybridized carbons (Fsp3) is 0.0870. The van der Waals surface area contributed by atoms with Gasteiger partial charge in [0.15, 0.2) is 0 Å². The monoisotopic (exact) mass is 370 g/mol. The molecule has 1 aliphatic heterocycles. The van der Waals surface area contributed by atoms with Crippen molar-refractivity contribution in [2.45, 2.75) is 13.8 Å². The number of nitrogens with zero attached hydrogens (tertiary/aromatic N) is 1. The van der Waals surface area contributed by atoms with Gasteiger partial charge in [-0.25, -0.2) is 4.90 Å². The van der Waals surface area contributed by atoms with Crippen LogP contribution in [0.5, 0.6) is 0 Å². The highest BCUT2D eigenvalue weighted by molar-refractivity contribution is 6.34. The molecule has 0 fully saturated rings. The van der Waals surface area contributed by atoms with E-state index in [2.05, 4.69) is 5.32 Å². The maximum absolute atomic E-state index is 12.9. The Morgan fingerprint density at radius 1 is 0.786 bits per heavy atom. The Labute approximate surface area is 162 Å². The number of hydrogen-bond acceptors (Lipinski definition) is 3. The lowest BCUT2D eigenvalue weighted by atomic mass is 10.1. The van der Waals surface area contributed by atoms with Gasteiger partial charge in [0.25, 0.3) is 17.7 Å².